The molecule has 1 rings (SSSR count). The van der Waals surface area contributed by atoms with Gasteiger partial charge >= 0.3 is 0 Å². The van der Waals surface area contributed by atoms with Crippen LogP contribution < -0.4 is 5.73 Å². The van der Waals surface area contributed by atoms with Crippen molar-refractivity contribution in [3.05, 3.63) is 30.1 Å². The third kappa shape index (κ3) is 4.22. The van der Waals surface area contributed by atoms with Crippen molar-refractivity contribution in [2.45, 2.75) is 25.5 Å². The SMILES string of the molecule is CCC(C)CSC(CN)c1cccnc1. The Morgan fingerprint density at radius 2 is 2.33 bits per heavy atom. The Kier molecular flexibility index (Phi) is 5.73. The molecule has 2 atom stereocenters. The fourth-order valence-electron chi connectivity index (χ4n) is 1.27. The van der Waals surface area contributed by atoms with E-state index in [9.17, 15) is 0 Å². The summed E-state index contributed by atoms with van der Waals surface area (Å²) in [5.41, 5.74) is 7.03. The molecule has 0 fully saturated rings. The molecule has 1 aromatic heterocycles. The minimum absolute atomic E-state index is 0.396. The minimum atomic E-state index is 0.396. The number of rotatable bonds is 6. The van der Waals surface area contributed by atoms with Crippen molar-refractivity contribution in [2.24, 2.45) is 11.7 Å². The molecule has 2 unspecified atom stereocenters. The first kappa shape index (κ1) is 12.5. The summed E-state index contributed by atoms with van der Waals surface area (Å²) >= 11 is 1.94. The molecule has 0 saturated heterocycles. The lowest BCUT2D eigenvalue weighted by molar-refractivity contribution is 0.635. The van der Waals surface area contributed by atoms with Gasteiger partial charge < -0.3 is 5.73 Å². The molecule has 15 heavy (non-hydrogen) atoms. The normalized spacial score (nSPS) is 14.9. The van der Waals surface area contributed by atoms with Crippen molar-refractivity contribution in [1.82, 2.24) is 4.98 Å². The summed E-state index contributed by atoms with van der Waals surface area (Å²) in [7, 11) is 0. The zero-order valence-electron chi connectivity index (χ0n) is 9.52. The lowest BCUT2D eigenvalue weighted by Crippen LogP contribution is -2.11. The van der Waals surface area contributed by atoms with Crippen molar-refractivity contribution in [1.29, 1.82) is 0 Å². The summed E-state index contributed by atoms with van der Waals surface area (Å²) in [6.45, 7) is 5.20. The maximum atomic E-state index is 5.78. The van der Waals surface area contributed by atoms with E-state index < -0.39 is 0 Å². The van der Waals surface area contributed by atoms with Crippen molar-refractivity contribution >= 4 is 11.8 Å². The molecule has 0 saturated carbocycles. The highest BCUT2D eigenvalue weighted by Gasteiger charge is 2.11. The van der Waals surface area contributed by atoms with Crippen LogP contribution in [0.3, 0.4) is 0 Å². The average Bonchev–Trinajstić information content (AvgIpc) is 2.31. The Balaban J connectivity index is 2.50. The van der Waals surface area contributed by atoms with E-state index in [2.05, 4.69) is 24.9 Å². The van der Waals surface area contributed by atoms with Gasteiger partial charge in [-0.25, -0.2) is 0 Å². The third-order valence-electron chi connectivity index (χ3n) is 2.55. The molecular weight excluding hydrogens is 204 g/mol. The lowest BCUT2D eigenvalue weighted by Gasteiger charge is -2.16. The van der Waals surface area contributed by atoms with Crippen LogP contribution in [0.5, 0.6) is 0 Å². The number of hydrogen-bond acceptors (Lipinski definition) is 3. The highest BCUT2D eigenvalue weighted by Crippen LogP contribution is 2.29. The summed E-state index contributed by atoms with van der Waals surface area (Å²) in [5.74, 6) is 1.94. The first-order valence-corrected chi connectivity index (χ1v) is 6.54. The van der Waals surface area contributed by atoms with Crippen molar-refractivity contribution < 1.29 is 0 Å². The number of hydrogen-bond donors (Lipinski definition) is 1. The van der Waals surface area contributed by atoms with Gasteiger partial charge in [-0.3, -0.25) is 4.98 Å². The topological polar surface area (TPSA) is 38.9 Å². The van der Waals surface area contributed by atoms with Gasteiger partial charge in [-0.2, -0.15) is 11.8 Å². The van der Waals surface area contributed by atoms with E-state index in [-0.39, 0.29) is 0 Å². The molecule has 3 heteroatoms. The van der Waals surface area contributed by atoms with E-state index in [4.69, 9.17) is 5.73 Å². The number of aromatic nitrogens is 1. The molecular formula is C12H20N2S. The Labute approximate surface area is 96.7 Å². The number of nitrogens with two attached hydrogens (primary N) is 1. The molecule has 0 aliphatic carbocycles. The van der Waals surface area contributed by atoms with Crippen LogP contribution >= 0.6 is 11.8 Å². The second-order valence-electron chi connectivity index (χ2n) is 3.86. The molecule has 0 bridgehead atoms. The average molecular weight is 224 g/mol. The first-order chi connectivity index (χ1) is 7.27. The molecule has 84 valence electrons. The first-order valence-electron chi connectivity index (χ1n) is 5.49. The van der Waals surface area contributed by atoms with Gasteiger partial charge in [0.15, 0.2) is 0 Å². The van der Waals surface area contributed by atoms with Crippen LogP contribution in [0.25, 0.3) is 0 Å². The Morgan fingerprint density at radius 1 is 1.53 bits per heavy atom. The molecule has 0 amide bonds. The predicted molar refractivity (Wildman–Crippen MR) is 67.9 cm³/mol. The number of pyridine rings is 1. The van der Waals surface area contributed by atoms with Crippen molar-refractivity contribution in [2.75, 3.05) is 12.3 Å². The summed E-state index contributed by atoms with van der Waals surface area (Å²) in [6.07, 6.45) is 4.95. The third-order valence-corrected chi connectivity index (χ3v) is 4.18. The summed E-state index contributed by atoms with van der Waals surface area (Å²) < 4.78 is 0. The highest BCUT2D eigenvalue weighted by molar-refractivity contribution is 7.99. The molecule has 0 spiro atoms. The highest BCUT2D eigenvalue weighted by atomic mass is 32.2. The van der Waals surface area contributed by atoms with Gasteiger partial charge in [0, 0.05) is 24.2 Å². The van der Waals surface area contributed by atoms with Crippen LogP contribution in [0.1, 0.15) is 31.1 Å². The largest absolute Gasteiger partial charge is 0.329 e. The number of thioether (sulfide) groups is 1. The van der Waals surface area contributed by atoms with Crippen LogP contribution in [0.15, 0.2) is 24.5 Å². The molecule has 1 heterocycles. The summed E-state index contributed by atoms with van der Waals surface area (Å²) in [5, 5.41) is 0.396. The Bertz CT molecular complexity index is 264. The molecule has 0 aliphatic rings. The summed E-state index contributed by atoms with van der Waals surface area (Å²) in [6, 6.07) is 4.08. The Morgan fingerprint density at radius 3 is 2.87 bits per heavy atom. The van der Waals surface area contributed by atoms with Gasteiger partial charge in [0.2, 0.25) is 0 Å². The fourth-order valence-corrected chi connectivity index (χ4v) is 2.53. The van der Waals surface area contributed by atoms with Crippen LogP contribution in [0.4, 0.5) is 0 Å². The second-order valence-corrected chi connectivity index (χ2v) is 5.09. The van der Waals surface area contributed by atoms with Crippen molar-refractivity contribution in [3.63, 3.8) is 0 Å². The fraction of sp³-hybridized carbons (Fsp3) is 0.583. The van der Waals surface area contributed by atoms with Gasteiger partial charge in [-0.05, 0) is 23.3 Å². The van der Waals surface area contributed by atoms with Crippen molar-refractivity contribution in [3.8, 4) is 0 Å². The van der Waals surface area contributed by atoms with Crippen LogP contribution in [0, 0.1) is 5.92 Å². The van der Waals surface area contributed by atoms with Gasteiger partial charge in [0.05, 0.1) is 0 Å². The van der Waals surface area contributed by atoms with E-state index in [0.717, 1.165) is 5.92 Å². The van der Waals surface area contributed by atoms with E-state index in [1.54, 1.807) is 6.20 Å². The van der Waals surface area contributed by atoms with E-state index >= 15 is 0 Å². The number of nitrogens with zero attached hydrogens (tertiary/aromatic N) is 1. The predicted octanol–water partition coefficient (Wildman–Crippen LogP) is 2.86. The van der Waals surface area contributed by atoms with E-state index in [0.29, 0.717) is 11.8 Å². The van der Waals surface area contributed by atoms with Crippen LogP contribution in [-0.2, 0) is 0 Å². The molecule has 2 N–H and O–H groups in total. The molecule has 0 aliphatic heterocycles. The quantitative estimate of drug-likeness (QED) is 0.807. The molecule has 2 nitrogen and oxygen atoms in total. The lowest BCUT2D eigenvalue weighted by atomic mass is 10.2. The summed E-state index contributed by atoms with van der Waals surface area (Å²) in [4.78, 5) is 4.13. The smallest absolute Gasteiger partial charge is 0.0434 e. The molecule has 0 radical (unpaired) electrons. The minimum Gasteiger partial charge on any atom is -0.329 e. The van der Waals surface area contributed by atoms with Crippen LogP contribution in [0.2, 0.25) is 0 Å². The zero-order valence-corrected chi connectivity index (χ0v) is 10.3. The van der Waals surface area contributed by atoms with E-state index in [1.165, 1.54) is 17.7 Å². The zero-order chi connectivity index (χ0) is 11.1. The van der Waals surface area contributed by atoms with Gasteiger partial charge in [0.25, 0.3) is 0 Å². The van der Waals surface area contributed by atoms with E-state index in [1.807, 2.05) is 24.0 Å². The Hall–Kier alpha value is -0.540. The standard InChI is InChI=1S/C12H20N2S/c1-3-10(2)9-15-12(7-13)11-5-4-6-14-8-11/h4-6,8,10,12H,3,7,9,13H2,1-2H3. The molecule has 1 aromatic rings. The monoisotopic (exact) mass is 224 g/mol. The van der Waals surface area contributed by atoms with Gasteiger partial charge in [-0.15, -0.1) is 0 Å². The van der Waals surface area contributed by atoms with Gasteiger partial charge in [0.1, 0.15) is 0 Å². The maximum Gasteiger partial charge on any atom is 0.0434 e. The van der Waals surface area contributed by atoms with Gasteiger partial charge in [-0.1, -0.05) is 26.3 Å². The van der Waals surface area contributed by atoms with Crippen LogP contribution in [-0.4, -0.2) is 17.3 Å². The second kappa shape index (κ2) is 6.85. The maximum absolute atomic E-state index is 5.78. The molecule has 0 aromatic carbocycles.